The summed E-state index contributed by atoms with van der Waals surface area (Å²) >= 11 is 0. The lowest BCUT2D eigenvalue weighted by Crippen LogP contribution is -2.41. The predicted octanol–water partition coefficient (Wildman–Crippen LogP) is 1.42. The fourth-order valence-corrected chi connectivity index (χ4v) is 2.83. The molecule has 0 unspecified atom stereocenters. The molecule has 7 heteroatoms. The van der Waals surface area contributed by atoms with Crippen LogP contribution in [0.15, 0.2) is 24.3 Å². The summed E-state index contributed by atoms with van der Waals surface area (Å²) < 4.78 is 6.68. The van der Waals surface area contributed by atoms with E-state index in [1.807, 2.05) is 24.3 Å². The molecule has 0 saturated heterocycles. The first-order valence-corrected chi connectivity index (χ1v) is 7.91. The van der Waals surface area contributed by atoms with Crippen LogP contribution < -0.4 is 5.32 Å². The van der Waals surface area contributed by atoms with Crippen LogP contribution in [0.4, 0.5) is 0 Å². The zero-order valence-corrected chi connectivity index (χ0v) is 13.1. The summed E-state index contributed by atoms with van der Waals surface area (Å²) in [5.41, 5.74) is 1.47. The average molecular weight is 316 g/mol. The van der Waals surface area contributed by atoms with Crippen LogP contribution in [0.3, 0.4) is 0 Å². The van der Waals surface area contributed by atoms with E-state index in [0.717, 1.165) is 31.2 Å². The average Bonchev–Trinajstić information content (AvgIpc) is 3.17. The second-order valence-corrected chi connectivity index (χ2v) is 5.86. The fourth-order valence-electron chi connectivity index (χ4n) is 2.83. The van der Waals surface area contributed by atoms with Gasteiger partial charge in [0.2, 0.25) is 0 Å². The Morgan fingerprint density at radius 2 is 2.09 bits per heavy atom. The van der Waals surface area contributed by atoms with E-state index in [1.165, 1.54) is 4.68 Å². The highest BCUT2D eigenvalue weighted by Crippen LogP contribution is 2.17. The molecule has 0 aliphatic heterocycles. The van der Waals surface area contributed by atoms with Crippen LogP contribution >= 0.6 is 0 Å². The number of carbonyl (C=O) groups is 2. The molecule has 1 aromatic carbocycles. The molecule has 1 aromatic heterocycles. The monoisotopic (exact) mass is 316 g/mol. The minimum absolute atomic E-state index is 0.0679. The fraction of sp³-hybridized carbons (Fsp3) is 0.500. The van der Waals surface area contributed by atoms with Crippen molar-refractivity contribution in [3.63, 3.8) is 0 Å². The highest BCUT2D eigenvalue weighted by molar-refractivity contribution is 5.84. The summed E-state index contributed by atoms with van der Waals surface area (Å²) in [6.07, 6.45) is 3.46. The first kappa shape index (κ1) is 15.5. The van der Waals surface area contributed by atoms with Gasteiger partial charge < -0.3 is 10.1 Å². The number of rotatable bonds is 5. The smallest absolute Gasteiger partial charge is 0.328 e. The molecule has 0 spiro atoms. The van der Waals surface area contributed by atoms with E-state index < -0.39 is 12.1 Å². The normalized spacial score (nSPS) is 16.4. The number of fused-ring (bicyclic) bond motifs is 1. The van der Waals surface area contributed by atoms with Crippen molar-refractivity contribution in [2.75, 3.05) is 0 Å². The van der Waals surface area contributed by atoms with Gasteiger partial charge in [0.05, 0.1) is 5.52 Å². The maximum atomic E-state index is 12.0. The predicted molar refractivity (Wildman–Crippen MR) is 83.5 cm³/mol. The number of benzene rings is 1. The number of carbonyl (C=O) groups excluding carboxylic acids is 2. The Kier molecular flexibility index (Phi) is 4.55. The largest absolute Gasteiger partial charge is 0.451 e. The molecule has 1 amide bonds. The van der Waals surface area contributed by atoms with Crippen molar-refractivity contribution in [1.29, 1.82) is 0 Å². The molecule has 1 aliphatic rings. The minimum Gasteiger partial charge on any atom is -0.451 e. The van der Waals surface area contributed by atoms with Crippen LogP contribution in [0.1, 0.15) is 32.6 Å². The summed E-state index contributed by atoms with van der Waals surface area (Å²) in [5.74, 6) is -0.747. The molecule has 122 valence electrons. The van der Waals surface area contributed by atoms with Crippen molar-refractivity contribution < 1.29 is 14.3 Å². The van der Waals surface area contributed by atoms with Gasteiger partial charge in [0.25, 0.3) is 5.91 Å². The maximum absolute atomic E-state index is 12.0. The number of amides is 1. The van der Waals surface area contributed by atoms with Gasteiger partial charge >= 0.3 is 5.97 Å². The molecule has 1 heterocycles. The number of nitrogens with one attached hydrogen (secondary N) is 1. The van der Waals surface area contributed by atoms with Gasteiger partial charge in [-0.05, 0) is 31.9 Å². The van der Waals surface area contributed by atoms with Crippen LogP contribution in [0.5, 0.6) is 0 Å². The lowest BCUT2D eigenvalue weighted by atomic mass is 10.2. The second kappa shape index (κ2) is 6.76. The first-order valence-electron chi connectivity index (χ1n) is 7.91. The van der Waals surface area contributed by atoms with Crippen LogP contribution in [0, 0.1) is 0 Å². The van der Waals surface area contributed by atoms with Crippen LogP contribution in [-0.2, 0) is 20.9 Å². The molecule has 3 rings (SSSR count). The second-order valence-electron chi connectivity index (χ2n) is 5.86. The van der Waals surface area contributed by atoms with Gasteiger partial charge in [-0.2, -0.15) is 0 Å². The van der Waals surface area contributed by atoms with E-state index in [2.05, 4.69) is 15.6 Å². The zero-order chi connectivity index (χ0) is 16.2. The molecule has 1 N–H and O–H groups in total. The molecule has 0 radical (unpaired) electrons. The number of nitrogens with zero attached hydrogens (tertiary/aromatic N) is 3. The maximum Gasteiger partial charge on any atom is 0.328 e. The zero-order valence-electron chi connectivity index (χ0n) is 13.1. The standard InChI is InChI=1S/C16H20N4O3/c1-11(16(22)17-12-6-2-3-7-12)23-15(21)10-20-14-9-5-4-8-13(14)18-19-20/h4-5,8-9,11-12H,2-3,6-7,10H2,1H3,(H,17,22)/t11-/m1/s1. The summed E-state index contributed by atoms with van der Waals surface area (Å²) in [6.45, 7) is 1.52. The third-order valence-corrected chi connectivity index (χ3v) is 4.08. The Labute approximate surface area is 134 Å². The molecule has 23 heavy (non-hydrogen) atoms. The van der Waals surface area contributed by atoms with Gasteiger partial charge in [0.1, 0.15) is 12.1 Å². The van der Waals surface area contributed by atoms with Crippen molar-refractivity contribution in [3.05, 3.63) is 24.3 Å². The number of ether oxygens (including phenoxy) is 1. The Balaban J connectivity index is 1.55. The van der Waals surface area contributed by atoms with E-state index in [0.29, 0.717) is 5.52 Å². The van der Waals surface area contributed by atoms with Gasteiger partial charge in [-0.3, -0.25) is 9.59 Å². The number of hydrogen-bond donors (Lipinski definition) is 1. The summed E-state index contributed by atoms with van der Waals surface area (Å²) in [7, 11) is 0. The van der Waals surface area contributed by atoms with E-state index in [-0.39, 0.29) is 18.5 Å². The Morgan fingerprint density at radius 1 is 1.35 bits per heavy atom. The van der Waals surface area contributed by atoms with Gasteiger partial charge in [0.15, 0.2) is 6.10 Å². The third-order valence-electron chi connectivity index (χ3n) is 4.08. The minimum atomic E-state index is -0.808. The summed E-state index contributed by atoms with van der Waals surface area (Å²) in [4.78, 5) is 24.0. The van der Waals surface area contributed by atoms with Crippen molar-refractivity contribution in [1.82, 2.24) is 20.3 Å². The highest BCUT2D eigenvalue weighted by Gasteiger charge is 2.23. The lowest BCUT2D eigenvalue weighted by Gasteiger charge is -2.17. The number of para-hydroxylation sites is 1. The van der Waals surface area contributed by atoms with Gasteiger partial charge in [-0.1, -0.05) is 30.2 Å². The van der Waals surface area contributed by atoms with Crippen molar-refractivity contribution in [3.8, 4) is 0 Å². The first-order chi connectivity index (χ1) is 11.1. The number of aromatic nitrogens is 3. The Bertz CT molecular complexity index is 706. The Hall–Kier alpha value is -2.44. The van der Waals surface area contributed by atoms with Crippen LogP contribution in [0.25, 0.3) is 11.0 Å². The van der Waals surface area contributed by atoms with Crippen LogP contribution in [-0.4, -0.2) is 39.0 Å². The molecule has 1 atom stereocenters. The molecule has 0 bridgehead atoms. The SMILES string of the molecule is C[C@@H](OC(=O)Cn1nnc2ccccc21)C(=O)NC1CCCC1. The van der Waals surface area contributed by atoms with Gasteiger partial charge in [0, 0.05) is 6.04 Å². The molecule has 1 aliphatic carbocycles. The van der Waals surface area contributed by atoms with Crippen molar-refractivity contribution in [2.45, 2.75) is 51.3 Å². The Morgan fingerprint density at radius 3 is 2.87 bits per heavy atom. The molecule has 2 aromatic rings. The van der Waals surface area contributed by atoms with E-state index in [9.17, 15) is 9.59 Å². The topological polar surface area (TPSA) is 86.1 Å². The quantitative estimate of drug-likeness (QED) is 0.843. The molecule has 1 fully saturated rings. The summed E-state index contributed by atoms with van der Waals surface area (Å²) in [6, 6.07) is 7.57. The van der Waals surface area contributed by atoms with Crippen LogP contribution in [0.2, 0.25) is 0 Å². The van der Waals surface area contributed by atoms with Gasteiger partial charge in [-0.25, -0.2) is 4.68 Å². The van der Waals surface area contributed by atoms with Gasteiger partial charge in [-0.15, -0.1) is 5.10 Å². The summed E-state index contributed by atoms with van der Waals surface area (Å²) in [5, 5.41) is 10.8. The lowest BCUT2D eigenvalue weighted by molar-refractivity contribution is -0.155. The number of hydrogen-bond acceptors (Lipinski definition) is 5. The molecular formula is C16H20N4O3. The van der Waals surface area contributed by atoms with Crippen molar-refractivity contribution >= 4 is 22.9 Å². The number of esters is 1. The molecular weight excluding hydrogens is 296 g/mol. The van der Waals surface area contributed by atoms with E-state index in [1.54, 1.807) is 6.92 Å². The molecule has 1 saturated carbocycles. The van der Waals surface area contributed by atoms with Crippen molar-refractivity contribution in [2.24, 2.45) is 0 Å². The highest BCUT2D eigenvalue weighted by atomic mass is 16.5. The third kappa shape index (κ3) is 3.67. The molecule has 7 nitrogen and oxygen atoms in total. The van der Waals surface area contributed by atoms with E-state index in [4.69, 9.17) is 4.74 Å². The van der Waals surface area contributed by atoms with E-state index >= 15 is 0 Å².